The van der Waals surface area contributed by atoms with Gasteiger partial charge >= 0.3 is 0 Å². The molecule has 0 heterocycles. The number of rotatable bonds is 5. The second-order valence-corrected chi connectivity index (χ2v) is 4.95. The summed E-state index contributed by atoms with van der Waals surface area (Å²) in [6.07, 6.45) is 0. The highest BCUT2D eigenvalue weighted by molar-refractivity contribution is 7.80. The highest BCUT2D eigenvalue weighted by Crippen LogP contribution is 2.32. The molecule has 0 radical (unpaired) electrons. The van der Waals surface area contributed by atoms with Crippen LogP contribution in [0.25, 0.3) is 0 Å². The Hall–Kier alpha value is -2.27. The zero-order chi connectivity index (χ0) is 15.4. The van der Waals surface area contributed by atoms with Gasteiger partial charge in [0.25, 0.3) is 0 Å². The van der Waals surface area contributed by atoms with Crippen molar-refractivity contribution in [2.24, 2.45) is 5.73 Å². The number of hydrogen-bond acceptors (Lipinski definition) is 4. The molecule has 2 aromatic carbocycles. The normalized spacial score (nSPS) is 10.0. The number of aryl methyl sites for hydroxylation is 1. The molecular formula is C16H17NO3S. The van der Waals surface area contributed by atoms with Crippen molar-refractivity contribution in [3.05, 3.63) is 47.5 Å². The number of benzene rings is 2. The van der Waals surface area contributed by atoms with Gasteiger partial charge in [-0.05, 0) is 19.1 Å². The van der Waals surface area contributed by atoms with Crippen molar-refractivity contribution in [3.63, 3.8) is 0 Å². The maximum atomic E-state index is 5.88. The SMILES string of the molecule is COc1cc(OC)cc(Oc2ccc(C)cc2C(N)=S)c1. The van der Waals surface area contributed by atoms with Crippen LogP contribution in [-0.4, -0.2) is 19.2 Å². The van der Waals surface area contributed by atoms with E-state index in [-0.39, 0.29) is 0 Å². The van der Waals surface area contributed by atoms with Crippen LogP contribution in [0.15, 0.2) is 36.4 Å². The summed E-state index contributed by atoms with van der Waals surface area (Å²) in [5, 5.41) is 0. The van der Waals surface area contributed by atoms with Crippen molar-refractivity contribution >= 4 is 17.2 Å². The van der Waals surface area contributed by atoms with Crippen LogP contribution in [0.1, 0.15) is 11.1 Å². The summed E-state index contributed by atoms with van der Waals surface area (Å²) in [6.45, 7) is 1.97. The molecule has 0 aromatic heterocycles. The predicted octanol–water partition coefficient (Wildman–Crippen LogP) is 3.44. The van der Waals surface area contributed by atoms with E-state index in [0.717, 1.165) is 5.56 Å². The smallest absolute Gasteiger partial charge is 0.137 e. The third-order valence-electron chi connectivity index (χ3n) is 2.95. The van der Waals surface area contributed by atoms with Crippen LogP contribution in [-0.2, 0) is 0 Å². The van der Waals surface area contributed by atoms with E-state index in [1.807, 2.05) is 25.1 Å². The lowest BCUT2D eigenvalue weighted by atomic mass is 10.1. The molecule has 0 aliphatic carbocycles. The largest absolute Gasteiger partial charge is 0.496 e. The van der Waals surface area contributed by atoms with E-state index in [1.165, 1.54) is 0 Å². The Morgan fingerprint density at radius 3 is 2.05 bits per heavy atom. The molecule has 0 fully saturated rings. The molecule has 0 aliphatic heterocycles. The summed E-state index contributed by atoms with van der Waals surface area (Å²) in [6, 6.07) is 11.0. The van der Waals surface area contributed by atoms with E-state index in [4.69, 9.17) is 32.2 Å². The van der Waals surface area contributed by atoms with Gasteiger partial charge in [-0.1, -0.05) is 23.8 Å². The van der Waals surface area contributed by atoms with Gasteiger partial charge < -0.3 is 19.9 Å². The van der Waals surface area contributed by atoms with Gasteiger partial charge in [-0.25, -0.2) is 0 Å². The number of ether oxygens (including phenoxy) is 3. The molecule has 0 spiro atoms. The van der Waals surface area contributed by atoms with Crippen molar-refractivity contribution in [3.8, 4) is 23.0 Å². The first-order chi connectivity index (χ1) is 10.0. The zero-order valence-corrected chi connectivity index (χ0v) is 13.0. The fraction of sp³-hybridized carbons (Fsp3) is 0.188. The molecule has 2 aromatic rings. The van der Waals surface area contributed by atoms with Crippen molar-refractivity contribution in [1.82, 2.24) is 0 Å². The summed E-state index contributed by atoms with van der Waals surface area (Å²) in [7, 11) is 3.18. The molecule has 5 heteroatoms. The van der Waals surface area contributed by atoms with Crippen molar-refractivity contribution in [2.45, 2.75) is 6.92 Å². The third kappa shape index (κ3) is 3.64. The molecular weight excluding hydrogens is 286 g/mol. The quantitative estimate of drug-likeness (QED) is 0.858. The van der Waals surface area contributed by atoms with E-state index >= 15 is 0 Å². The van der Waals surface area contributed by atoms with Gasteiger partial charge in [-0.15, -0.1) is 0 Å². The maximum Gasteiger partial charge on any atom is 0.137 e. The minimum absolute atomic E-state index is 0.295. The van der Waals surface area contributed by atoms with E-state index in [1.54, 1.807) is 32.4 Å². The molecule has 2 rings (SSSR count). The molecule has 110 valence electrons. The number of nitrogens with two attached hydrogens (primary N) is 1. The van der Waals surface area contributed by atoms with Crippen molar-refractivity contribution in [1.29, 1.82) is 0 Å². The standard InChI is InChI=1S/C16H17NO3S/c1-10-4-5-15(14(6-10)16(17)21)20-13-8-11(18-2)7-12(9-13)19-3/h4-9H,1-3H3,(H2,17,21). The molecule has 0 amide bonds. The Morgan fingerprint density at radius 2 is 1.52 bits per heavy atom. The maximum absolute atomic E-state index is 5.88. The lowest BCUT2D eigenvalue weighted by molar-refractivity contribution is 0.386. The topological polar surface area (TPSA) is 53.7 Å². The van der Waals surface area contributed by atoms with Crippen LogP contribution in [0.2, 0.25) is 0 Å². The van der Waals surface area contributed by atoms with E-state index in [9.17, 15) is 0 Å². The average molecular weight is 303 g/mol. The van der Waals surface area contributed by atoms with Crippen molar-refractivity contribution in [2.75, 3.05) is 14.2 Å². The fourth-order valence-electron chi connectivity index (χ4n) is 1.89. The number of hydrogen-bond donors (Lipinski definition) is 1. The highest BCUT2D eigenvalue weighted by Gasteiger charge is 2.10. The summed E-state index contributed by atoms with van der Waals surface area (Å²) < 4.78 is 16.3. The Kier molecular flexibility index (Phi) is 4.65. The Labute approximate surface area is 129 Å². The number of thiocarbonyl (C=S) groups is 1. The highest BCUT2D eigenvalue weighted by atomic mass is 32.1. The summed E-state index contributed by atoms with van der Waals surface area (Å²) in [4.78, 5) is 0.295. The predicted molar refractivity (Wildman–Crippen MR) is 86.7 cm³/mol. The van der Waals surface area contributed by atoms with Gasteiger partial charge in [0.1, 0.15) is 28.0 Å². The lowest BCUT2D eigenvalue weighted by Crippen LogP contribution is -2.11. The van der Waals surface area contributed by atoms with Crippen LogP contribution >= 0.6 is 12.2 Å². The third-order valence-corrected chi connectivity index (χ3v) is 3.17. The molecule has 2 N–H and O–H groups in total. The van der Waals surface area contributed by atoms with E-state index in [0.29, 0.717) is 33.6 Å². The second-order valence-electron chi connectivity index (χ2n) is 4.51. The molecule has 0 saturated heterocycles. The van der Waals surface area contributed by atoms with E-state index in [2.05, 4.69) is 0 Å². The molecule has 0 bridgehead atoms. The molecule has 4 nitrogen and oxygen atoms in total. The molecule has 0 unspecified atom stereocenters. The van der Waals surface area contributed by atoms with Gasteiger partial charge in [0.15, 0.2) is 0 Å². The summed E-state index contributed by atoms with van der Waals surface area (Å²) in [5.41, 5.74) is 7.52. The Bertz CT molecular complexity index is 648. The van der Waals surface area contributed by atoms with Gasteiger partial charge in [-0.2, -0.15) is 0 Å². The van der Waals surface area contributed by atoms with E-state index < -0.39 is 0 Å². The average Bonchev–Trinajstić information content (AvgIpc) is 2.48. The van der Waals surface area contributed by atoms with Gasteiger partial charge in [-0.3, -0.25) is 0 Å². The first-order valence-corrected chi connectivity index (χ1v) is 6.75. The van der Waals surface area contributed by atoms with Gasteiger partial charge in [0, 0.05) is 18.2 Å². The van der Waals surface area contributed by atoms with Gasteiger partial charge in [0.05, 0.1) is 19.8 Å². The van der Waals surface area contributed by atoms with Crippen LogP contribution in [0.4, 0.5) is 0 Å². The van der Waals surface area contributed by atoms with Crippen LogP contribution in [0.5, 0.6) is 23.0 Å². The summed E-state index contributed by atoms with van der Waals surface area (Å²) in [5.74, 6) is 2.48. The minimum Gasteiger partial charge on any atom is -0.496 e. The van der Waals surface area contributed by atoms with Gasteiger partial charge in [0.2, 0.25) is 0 Å². The molecule has 0 aliphatic rings. The monoisotopic (exact) mass is 303 g/mol. The van der Waals surface area contributed by atoms with Crippen molar-refractivity contribution < 1.29 is 14.2 Å². The molecule has 0 saturated carbocycles. The minimum atomic E-state index is 0.295. The van der Waals surface area contributed by atoms with Crippen LogP contribution < -0.4 is 19.9 Å². The summed E-state index contributed by atoms with van der Waals surface area (Å²) >= 11 is 5.07. The second kappa shape index (κ2) is 6.45. The Balaban J connectivity index is 2.40. The Morgan fingerprint density at radius 1 is 0.952 bits per heavy atom. The van der Waals surface area contributed by atoms with Crippen LogP contribution in [0.3, 0.4) is 0 Å². The number of methoxy groups -OCH3 is 2. The fourth-order valence-corrected chi connectivity index (χ4v) is 2.05. The first kappa shape index (κ1) is 15.1. The molecule has 21 heavy (non-hydrogen) atoms. The molecule has 0 atom stereocenters. The first-order valence-electron chi connectivity index (χ1n) is 6.35. The van der Waals surface area contributed by atoms with Crippen LogP contribution in [0, 0.1) is 6.92 Å². The lowest BCUT2D eigenvalue weighted by Gasteiger charge is -2.13. The zero-order valence-electron chi connectivity index (χ0n) is 12.2.